The van der Waals surface area contributed by atoms with Gasteiger partial charge < -0.3 is 15.3 Å². The average molecular weight is 332 g/mol. The first kappa shape index (κ1) is 18.9. The molecule has 0 bridgehead atoms. The molecule has 1 fully saturated rings. The fourth-order valence-corrected chi connectivity index (χ4v) is 3.78. The maximum absolute atomic E-state index is 12.1. The van der Waals surface area contributed by atoms with Crippen molar-refractivity contribution in [3.05, 3.63) is 35.9 Å². The van der Waals surface area contributed by atoms with E-state index in [0.29, 0.717) is 6.54 Å². The quantitative estimate of drug-likeness (QED) is 0.755. The molecule has 1 saturated heterocycles. The number of hydrogen-bond acceptors (Lipinski definition) is 3. The zero-order chi connectivity index (χ0) is 17.6. The summed E-state index contributed by atoms with van der Waals surface area (Å²) in [4.78, 5) is 14.6. The SMILES string of the molecule is CC1CC(C)CN(CCCNC(=O)CC(C)(O)c2ccccc2)C1. The molecule has 1 aromatic rings. The van der Waals surface area contributed by atoms with E-state index in [0.717, 1.165) is 30.4 Å². The number of hydrogen-bond donors (Lipinski definition) is 2. The zero-order valence-electron chi connectivity index (χ0n) is 15.3. The molecular formula is C20H32N2O2. The molecular weight excluding hydrogens is 300 g/mol. The lowest BCUT2D eigenvalue weighted by atomic mass is 9.92. The van der Waals surface area contributed by atoms with Crippen molar-refractivity contribution in [1.29, 1.82) is 0 Å². The molecule has 24 heavy (non-hydrogen) atoms. The number of amides is 1. The summed E-state index contributed by atoms with van der Waals surface area (Å²) >= 11 is 0. The lowest BCUT2D eigenvalue weighted by Gasteiger charge is -2.35. The highest BCUT2D eigenvalue weighted by atomic mass is 16.3. The summed E-state index contributed by atoms with van der Waals surface area (Å²) in [7, 11) is 0. The number of benzene rings is 1. The molecule has 0 aliphatic carbocycles. The number of rotatable bonds is 7. The van der Waals surface area contributed by atoms with Gasteiger partial charge in [-0.05, 0) is 43.7 Å². The Morgan fingerprint density at radius 2 is 1.88 bits per heavy atom. The Labute approximate surface area is 146 Å². The van der Waals surface area contributed by atoms with Crippen LogP contribution in [0.2, 0.25) is 0 Å². The molecule has 0 spiro atoms. The van der Waals surface area contributed by atoms with Crippen LogP contribution in [0.25, 0.3) is 0 Å². The summed E-state index contributed by atoms with van der Waals surface area (Å²) in [5, 5.41) is 13.5. The number of likely N-dealkylation sites (tertiary alicyclic amines) is 1. The Morgan fingerprint density at radius 3 is 2.50 bits per heavy atom. The maximum Gasteiger partial charge on any atom is 0.223 e. The fraction of sp³-hybridized carbons (Fsp3) is 0.650. The molecule has 3 unspecified atom stereocenters. The van der Waals surface area contributed by atoms with Crippen LogP contribution in [-0.4, -0.2) is 42.1 Å². The van der Waals surface area contributed by atoms with Gasteiger partial charge in [-0.2, -0.15) is 0 Å². The van der Waals surface area contributed by atoms with Gasteiger partial charge >= 0.3 is 0 Å². The summed E-state index contributed by atoms with van der Waals surface area (Å²) in [5.41, 5.74) is -0.347. The van der Waals surface area contributed by atoms with Gasteiger partial charge in [-0.25, -0.2) is 0 Å². The van der Waals surface area contributed by atoms with Crippen LogP contribution in [-0.2, 0) is 10.4 Å². The van der Waals surface area contributed by atoms with Gasteiger partial charge in [0.05, 0.1) is 12.0 Å². The normalized spacial score (nSPS) is 24.3. The summed E-state index contributed by atoms with van der Waals surface area (Å²) < 4.78 is 0. The Balaban J connectivity index is 1.68. The summed E-state index contributed by atoms with van der Waals surface area (Å²) in [6, 6.07) is 9.37. The van der Waals surface area contributed by atoms with E-state index in [1.807, 2.05) is 30.3 Å². The molecule has 2 N–H and O–H groups in total. The third kappa shape index (κ3) is 5.91. The molecule has 3 atom stereocenters. The van der Waals surface area contributed by atoms with E-state index in [4.69, 9.17) is 0 Å². The van der Waals surface area contributed by atoms with E-state index in [-0.39, 0.29) is 12.3 Å². The van der Waals surface area contributed by atoms with Gasteiger partial charge in [-0.15, -0.1) is 0 Å². The van der Waals surface area contributed by atoms with Crippen LogP contribution in [0.3, 0.4) is 0 Å². The van der Waals surface area contributed by atoms with Crippen molar-refractivity contribution < 1.29 is 9.90 Å². The van der Waals surface area contributed by atoms with Crippen molar-refractivity contribution in [3.8, 4) is 0 Å². The molecule has 1 aliphatic rings. The zero-order valence-corrected chi connectivity index (χ0v) is 15.3. The van der Waals surface area contributed by atoms with Crippen LogP contribution < -0.4 is 5.32 Å². The summed E-state index contributed by atoms with van der Waals surface area (Å²) in [6.07, 6.45) is 2.37. The van der Waals surface area contributed by atoms with Gasteiger partial charge in [-0.1, -0.05) is 44.2 Å². The van der Waals surface area contributed by atoms with Crippen LogP contribution in [0.4, 0.5) is 0 Å². The van der Waals surface area contributed by atoms with E-state index in [1.165, 1.54) is 19.5 Å². The molecule has 1 aromatic carbocycles. The van der Waals surface area contributed by atoms with Crippen molar-refractivity contribution in [2.24, 2.45) is 11.8 Å². The molecule has 0 aromatic heterocycles. The smallest absolute Gasteiger partial charge is 0.223 e. The highest BCUT2D eigenvalue weighted by Gasteiger charge is 2.26. The second-order valence-corrected chi connectivity index (χ2v) is 7.73. The standard InChI is InChI=1S/C20H32N2O2/c1-16-12-17(2)15-22(14-16)11-7-10-21-19(23)13-20(3,24)18-8-5-4-6-9-18/h4-6,8-9,16-17,24H,7,10-15H2,1-3H3,(H,21,23). The van der Waals surface area contributed by atoms with E-state index in [2.05, 4.69) is 24.1 Å². The van der Waals surface area contributed by atoms with Crippen molar-refractivity contribution in [2.45, 2.75) is 45.6 Å². The molecule has 4 nitrogen and oxygen atoms in total. The molecule has 1 aliphatic heterocycles. The second kappa shape index (κ2) is 8.63. The monoisotopic (exact) mass is 332 g/mol. The number of piperidine rings is 1. The molecule has 4 heteroatoms. The molecule has 1 amide bonds. The van der Waals surface area contributed by atoms with Crippen LogP contribution in [0.5, 0.6) is 0 Å². The van der Waals surface area contributed by atoms with Gasteiger partial charge in [0.15, 0.2) is 0 Å². The van der Waals surface area contributed by atoms with Crippen LogP contribution in [0.15, 0.2) is 30.3 Å². The lowest BCUT2D eigenvalue weighted by molar-refractivity contribution is -0.125. The highest BCUT2D eigenvalue weighted by Crippen LogP contribution is 2.24. The van der Waals surface area contributed by atoms with Gasteiger partial charge in [0.1, 0.15) is 0 Å². The summed E-state index contributed by atoms with van der Waals surface area (Å²) in [6.45, 7) is 10.4. The summed E-state index contributed by atoms with van der Waals surface area (Å²) in [5.74, 6) is 1.44. The first-order valence-corrected chi connectivity index (χ1v) is 9.14. The Kier molecular flexibility index (Phi) is 6.81. The lowest BCUT2D eigenvalue weighted by Crippen LogP contribution is -2.40. The highest BCUT2D eigenvalue weighted by molar-refractivity contribution is 5.77. The van der Waals surface area contributed by atoms with E-state index >= 15 is 0 Å². The number of carbonyl (C=O) groups is 1. The maximum atomic E-state index is 12.1. The van der Waals surface area contributed by atoms with Crippen molar-refractivity contribution in [2.75, 3.05) is 26.2 Å². The molecule has 0 radical (unpaired) electrons. The van der Waals surface area contributed by atoms with Gasteiger partial charge in [0, 0.05) is 19.6 Å². The number of aliphatic hydroxyl groups is 1. The third-order valence-corrected chi connectivity index (χ3v) is 4.82. The number of carbonyl (C=O) groups excluding carboxylic acids is 1. The topological polar surface area (TPSA) is 52.6 Å². The molecule has 1 heterocycles. The number of nitrogens with one attached hydrogen (secondary N) is 1. The predicted octanol–water partition coefficient (Wildman–Crippen LogP) is 2.77. The first-order chi connectivity index (χ1) is 11.4. The largest absolute Gasteiger partial charge is 0.385 e. The van der Waals surface area contributed by atoms with Crippen LogP contribution >= 0.6 is 0 Å². The van der Waals surface area contributed by atoms with Gasteiger partial charge in [0.25, 0.3) is 0 Å². The van der Waals surface area contributed by atoms with Crippen molar-refractivity contribution in [1.82, 2.24) is 10.2 Å². The first-order valence-electron chi connectivity index (χ1n) is 9.14. The van der Waals surface area contributed by atoms with Crippen LogP contribution in [0, 0.1) is 11.8 Å². The molecule has 134 valence electrons. The second-order valence-electron chi connectivity index (χ2n) is 7.73. The molecule has 0 saturated carbocycles. The number of nitrogens with zero attached hydrogens (tertiary/aromatic N) is 1. The van der Waals surface area contributed by atoms with Gasteiger partial charge in [0.2, 0.25) is 5.91 Å². The van der Waals surface area contributed by atoms with Crippen molar-refractivity contribution >= 4 is 5.91 Å². The Morgan fingerprint density at radius 1 is 1.25 bits per heavy atom. The Hall–Kier alpha value is -1.39. The third-order valence-electron chi connectivity index (χ3n) is 4.82. The van der Waals surface area contributed by atoms with Crippen LogP contribution in [0.1, 0.15) is 45.6 Å². The Bertz CT molecular complexity index is 506. The van der Waals surface area contributed by atoms with E-state index in [1.54, 1.807) is 6.92 Å². The van der Waals surface area contributed by atoms with Crippen molar-refractivity contribution in [3.63, 3.8) is 0 Å². The minimum atomic E-state index is -1.12. The minimum Gasteiger partial charge on any atom is -0.385 e. The van der Waals surface area contributed by atoms with E-state index in [9.17, 15) is 9.90 Å². The minimum absolute atomic E-state index is 0.0921. The molecule has 2 rings (SSSR count). The van der Waals surface area contributed by atoms with Gasteiger partial charge in [-0.3, -0.25) is 4.79 Å². The fourth-order valence-electron chi connectivity index (χ4n) is 3.78. The van der Waals surface area contributed by atoms with E-state index < -0.39 is 5.60 Å². The predicted molar refractivity (Wildman–Crippen MR) is 97.6 cm³/mol. The average Bonchev–Trinajstić information content (AvgIpc) is 2.51.